The number of urea groups is 1. The number of likely N-dealkylation sites (N-methyl/N-ethyl adjacent to an activating group) is 1. The van der Waals surface area contributed by atoms with Gasteiger partial charge in [-0.15, -0.1) is 0 Å². The number of nitrogens with one attached hydrogen (secondary N) is 3. The van der Waals surface area contributed by atoms with Gasteiger partial charge in [-0.1, -0.05) is 12.1 Å². The molecule has 0 aliphatic rings. The summed E-state index contributed by atoms with van der Waals surface area (Å²) in [6.07, 6.45) is 0. The summed E-state index contributed by atoms with van der Waals surface area (Å²) in [7, 11) is 4.26. The third kappa shape index (κ3) is 6.28. The molecule has 0 aliphatic carbocycles. The molecule has 14 heteroatoms. The van der Waals surface area contributed by atoms with Crippen LogP contribution in [0.5, 0.6) is 5.75 Å². The highest BCUT2D eigenvalue weighted by molar-refractivity contribution is 6.06. The van der Waals surface area contributed by atoms with Crippen LogP contribution < -0.4 is 37.7 Å². The molecule has 11 nitrogen and oxygen atoms in total. The second-order valence-electron chi connectivity index (χ2n) is 9.10. The van der Waals surface area contributed by atoms with Crippen molar-refractivity contribution >= 4 is 28.9 Å². The quantitative estimate of drug-likeness (QED) is 0.219. The molecule has 0 saturated carbocycles. The molecule has 0 unspecified atom stereocenters. The summed E-state index contributed by atoms with van der Waals surface area (Å²) in [6, 6.07) is 12.9. The Balaban J connectivity index is 2.00. The van der Waals surface area contributed by atoms with Crippen molar-refractivity contribution in [1.29, 1.82) is 0 Å². The highest BCUT2D eigenvalue weighted by Gasteiger charge is 2.25. The summed E-state index contributed by atoms with van der Waals surface area (Å²) in [5.41, 5.74) is 3.78. The predicted molar refractivity (Wildman–Crippen MR) is 157 cm³/mol. The van der Waals surface area contributed by atoms with Crippen LogP contribution in [0.4, 0.5) is 35.2 Å². The van der Waals surface area contributed by atoms with Crippen LogP contribution in [-0.4, -0.2) is 48.6 Å². The standard InChI is InChI=1S/C29H28F3N7O4/c1-34-14-21(36-16-10-12-17(13-11-16)37-28(41)35-2)24-26(33)38(15-18-19(30)6-4-7-20(18)31)29(42)39(27(24)40)22-8-5-9-23(43-3)25(22)32/h4-13,34H,14-15,33H2,1-3H3,(H2,35,37,41). The fraction of sp³-hybridized carbons (Fsp3) is 0.172. The lowest BCUT2D eigenvalue weighted by atomic mass is 10.1. The lowest BCUT2D eigenvalue weighted by molar-refractivity contribution is 0.254. The lowest BCUT2D eigenvalue weighted by Crippen LogP contribution is -2.45. The minimum atomic E-state index is -1.14. The van der Waals surface area contributed by atoms with Crippen molar-refractivity contribution in [2.24, 2.45) is 4.99 Å². The summed E-state index contributed by atoms with van der Waals surface area (Å²) < 4.78 is 51.1. The van der Waals surface area contributed by atoms with Gasteiger partial charge < -0.3 is 26.4 Å². The fourth-order valence-electron chi connectivity index (χ4n) is 4.29. The van der Waals surface area contributed by atoms with E-state index >= 15 is 4.39 Å². The van der Waals surface area contributed by atoms with Crippen molar-refractivity contribution in [3.05, 3.63) is 110 Å². The smallest absolute Gasteiger partial charge is 0.337 e. The average Bonchev–Trinajstić information content (AvgIpc) is 2.98. The summed E-state index contributed by atoms with van der Waals surface area (Å²) in [5, 5.41) is 7.91. The topological polar surface area (TPSA) is 145 Å². The third-order valence-corrected chi connectivity index (χ3v) is 6.42. The number of nitrogens with zero attached hydrogens (tertiary/aromatic N) is 3. The molecule has 2 amide bonds. The van der Waals surface area contributed by atoms with Crippen molar-refractivity contribution in [2.45, 2.75) is 6.54 Å². The number of benzene rings is 3. The number of hydrogen-bond acceptors (Lipinski definition) is 7. The number of nitrogen functional groups attached to an aromatic ring is 1. The van der Waals surface area contributed by atoms with Crippen LogP contribution in [0.1, 0.15) is 11.1 Å². The highest BCUT2D eigenvalue weighted by atomic mass is 19.1. The molecule has 4 rings (SSSR count). The van der Waals surface area contributed by atoms with Gasteiger partial charge in [-0.05, 0) is 55.6 Å². The number of halogens is 3. The first-order valence-corrected chi connectivity index (χ1v) is 12.8. The minimum absolute atomic E-state index is 0.0387. The normalized spacial score (nSPS) is 11.3. The molecule has 5 N–H and O–H groups in total. The monoisotopic (exact) mass is 595 g/mol. The number of methoxy groups -OCH3 is 1. The summed E-state index contributed by atoms with van der Waals surface area (Å²) in [4.78, 5) is 43.8. The second-order valence-corrected chi connectivity index (χ2v) is 9.10. The van der Waals surface area contributed by atoms with Gasteiger partial charge in [-0.25, -0.2) is 27.3 Å². The number of carbonyl (C=O) groups is 1. The minimum Gasteiger partial charge on any atom is -0.494 e. The molecule has 43 heavy (non-hydrogen) atoms. The zero-order chi connectivity index (χ0) is 31.3. The number of nitrogens with two attached hydrogens (primary N) is 1. The second kappa shape index (κ2) is 13.1. The SMILES string of the molecule is CNCC(=Nc1ccc(NC(=O)NC)cc1)c1c(N)n(Cc2c(F)cccc2F)c(=O)n(-c2cccc(OC)c2F)c1=O. The predicted octanol–water partition coefficient (Wildman–Crippen LogP) is 3.15. The van der Waals surface area contributed by atoms with Crippen LogP contribution in [0.15, 0.2) is 75.2 Å². The lowest BCUT2D eigenvalue weighted by Gasteiger charge is -2.19. The van der Waals surface area contributed by atoms with Crippen molar-refractivity contribution in [2.75, 3.05) is 38.8 Å². The van der Waals surface area contributed by atoms with Gasteiger partial charge in [0.05, 0.1) is 30.7 Å². The summed E-state index contributed by atoms with van der Waals surface area (Å²) in [6.45, 7) is -0.765. The average molecular weight is 596 g/mol. The molecule has 1 aromatic heterocycles. The first-order valence-electron chi connectivity index (χ1n) is 12.8. The van der Waals surface area contributed by atoms with Gasteiger partial charge in [0.15, 0.2) is 11.6 Å². The number of aliphatic imine (C=N–C) groups is 1. The molecule has 0 atom stereocenters. The van der Waals surface area contributed by atoms with E-state index in [0.717, 1.165) is 22.8 Å². The molecule has 4 aromatic rings. The Bertz CT molecular complexity index is 1800. The number of rotatable bonds is 9. The molecule has 0 spiro atoms. The van der Waals surface area contributed by atoms with E-state index < -0.39 is 58.3 Å². The maximum atomic E-state index is 15.4. The van der Waals surface area contributed by atoms with E-state index in [9.17, 15) is 23.2 Å². The zero-order valence-electron chi connectivity index (χ0n) is 23.4. The Kier molecular flexibility index (Phi) is 9.30. The largest absolute Gasteiger partial charge is 0.494 e. The number of aromatic nitrogens is 2. The Morgan fingerprint density at radius 2 is 1.63 bits per heavy atom. The van der Waals surface area contributed by atoms with E-state index in [-0.39, 0.29) is 23.6 Å². The van der Waals surface area contributed by atoms with Crippen LogP contribution in [0.25, 0.3) is 5.69 Å². The van der Waals surface area contributed by atoms with E-state index in [2.05, 4.69) is 20.9 Å². The molecule has 0 saturated heterocycles. The third-order valence-electron chi connectivity index (χ3n) is 6.42. The highest BCUT2D eigenvalue weighted by Crippen LogP contribution is 2.24. The van der Waals surface area contributed by atoms with Gasteiger partial charge in [-0.2, -0.15) is 0 Å². The molecule has 0 bridgehead atoms. The Morgan fingerprint density at radius 1 is 0.977 bits per heavy atom. The summed E-state index contributed by atoms with van der Waals surface area (Å²) in [5.74, 6) is -3.61. The number of ether oxygens (including phenoxy) is 1. The first-order chi connectivity index (χ1) is 20.6. The number of amides is 2. The molecule has 1 heterocycles. The van der Waals surface area contributed by atoms with Gasteiger partial charge >= 0.3 is 11.7 Å². The van der Waals surface area contributed by atoms with Gasteiger partial charge in [0.25, 0.3) is 5.56 Å². The van der Waals surface area contributed by atoms with Crippen LogP contribution >= 0.6 is 0 Å². The van der Waals surface area contributed by atoms with Crippen molar-refractivity contribution < 1.29 is 22.7 Å². The van der Waals surface area contributed by atoms with Crippen molar-refractivity contribution in [3.63, 3.8) is 0 Å². The van der Waals surface area contributed by atoms with Gasteiger partial charge in [0.2, 0.25) is 0 Å². The number of carbonyl (C=O) groups excluding carboxylic acids is 1. The number of anilines is 2. The van der Waals surface area contributed by atoms with Crippen molar-refractivity contribution in [3.8, 4) is 11.4 Å². The molecule has 0 fully saturated rings. The molecule has 0 aliphatic heterocycles. The molecule has 0 radical (unpaired) electrons. The molecular weight excluding hydrogens is 567 g/mol. The van der Waals surface area contributed by atoms with E-state index in [0.29, 0.717) is 15.9 Å². The Morgan fingerprint density at radius 3 is 2.23 bits per heavy atom. The maximum absolute atomic E-state index is 15.4. The number of hydrogen-bond donors (Lipinski definition) is 4. The van der Waals surface area contributed by atoms with Gasteiger partial charge in [-0.3, -0.25) is 14.4 Å². The maximum Gasteiger partial charge on any atom is 0.337 e. The van der Waals surface area contributed by atoms with E-state index in [4.69, 9.17) is 10.5 Å². The first kappa shape index (κ1) is 30.6. The van der Waals surface area contributed by atoms with Crippen LogP contribution in [-0.2, 0) is 6.54 Å². The van der Waals surface area contributed by atoms with E-state index in [1.54, 1.807) is 31.3 Å². The van der Waals surface area contributed by atoms with Gasteiger partial charge in [0, 0.05) is 24.8 Å². The molecule has 3 aromatic carbocycles. The molecule has 224 valence electrons. The molecular formula is C29H28F3N7O4. The Hall–Kier alpha value is -5.37. The van der Waals surface area contributed by atoms with E-state index in [1.165, 1.54) is 32.4 Å². The van der Waals surface area contributed by atoms with Crippen LogP contribution in [0.2, 0.25) is 0 Å². The van der Waals surface area contributed by atoms with Crippen molar-refractivity contribution in [1.82, 2.24) is 19.8 Å². The Labute approximate surface area is 243 Å². The van der Waals surface area contributed by atoms with E-state index in [1.807, 2.05) is 0 Å². The summed E-state index contributed by atoms with van der Waals surface area (Å²) >= 11 is 0. The van der Waals surface area contributed by atoms with Gasteiger partial charge in [0.1, 0.15) is 23.0 Å². The fourth-order valence-corrected chi connectivity index (χ4v) is 4.29. The van der Waals surface area contributed by atoms with Crippen LogP contribution in [0, 0.1) is 17.5 Å². The zero-order valence-corrected chi connectivity index (χ0v) is 23.4. The van der Waals surface area contributed by atoms with Crippen LogP contribution in [0.3, 0.4) is 0 Å².